The van der Waals surface area contributed by atoms with E-state index in [9.17, 15) is 4.79 Å². The predicted molar refractivity (Wildman–Crippen MR) is 118 cm³/mol. The number of anilines is 1. The number of H-pyrrole nitrogens is 1. The lowest BCUT2D eigenvalue weighted by Crippen LogP contribution is -2.25. The number of furan rings is 2. The molecule has 3 aromatic heterocycles. The summed E-state index contributed by atoms with van der Waals surface area (Å²) < 4.78 is 11.1. The molecule has 0 spiro atoms. The highest BCUT2D eigenvalue weighted by Crippen LogP contribution is 2.35. The second-order valence-electron chi connectivity index (χ2n) is 6.99. The first-order valence-corrected chi connectivity index (χ1v) is 10.7. The summed E-state index contributed by atoms with van der Waals surface area (Å²) in [4.78, 5) is 21.0. The number of aromatic amines is 1. The molecule has 1 unspecified atom stereocenters. The Bertz CT molecular complexity index is 1060. The van der Waals surface area contributed by atoms with Crippen molar-refractivity contribution >= 4 is 23.4 Å². The van der Waals surface area contributed by atoms with Crippen LogP contribution in [0.5, 0.6) is 0 Å². The minimum absolute atomic E-state index is 0.0459. The predicted octanol–water partition coefficient (Wildman–Crippen LogP) is 6.06. The van der Waals surface area contributed by atoms with Gasteiger partial charge in [-0.2, -0.15) is 0 Å². The number of amides is 1. The lowest BCUT2D eigenvalue weighted by atomic mass is 10.1. The molecule has 6 nitrogen and oxygen atoms in total. The van der Waals surface area contributed by atoms with Crippen molar-refractivity contribution in [1.29, 1.82) is 0 Å². The van der Waals surface area contributed by atoms with E-state index in [-0.39, 0.29) is 11.2 Å². The third-order valence-electron chi connectivity index (χ3n) is 4.85. The molecule has 0 fully saturated rings. The monoisotopic (exact) mass is 421 g/mol. The summed E-state index contributed by atoms with van der Waals surface area (Å²) in [6.07, 6.45) is 3.88. The summed E-state index contributed by atoms with van der Waals surface area (Å²) >= 11 is 1.40. The van der Waals surface area contributed by atoms with Crippen molar-refractivity contribution in [2.24, 2.45) is 0 Å². The molecule has 0 radical (unpaired) electrons. The number of rotatable bonds is 7. The molecular weight excluding hydrogens is 398 g/mol. The molecule has 0 aliphatic heterocycles. The SMILES string of the molecule is CCC(Sc1nc(-c2ccco2)c(-c2ccco2)[nH]1)C(=O)Nc1c(C)cccc1C. The van der Waals surface area contributed by atoms with Gasteiger partial charge in [0.1, 0.15) is 11.4 Å². The number of thioether (sulfide) groups is 1. The van der Waals surface area contributed by atoms with Gasteiger partial charge in [-0.15, -0.1) is 0 Å². The third kappa shape index (κ3) is 4.07. The molecule has 4 rings (SSSR count). The second kappa shape index (κ2) is 8.67. The number of hydrogen-bond acceptors (Lipinski definition) is 5. The van der Waals surface area contributed by atoms with E-state index in [4.69, 9.17) is 13.8 Å². The van der Waals surface area contributed by atoms with Crippen LogP contribution in [-0.2, 0) is 4.79 Å². The maximum absolute atomic E-state index is 13.0. The number of carbonyl (C=O) groups excluding carboxylic acids is 1. The van der Waals surface area contributed by atoms with Crippen molar-refractivity contribution in [3.05, 3.63) is 66.1 Å². The molecule has 0 saturated carbocycles. The quantitative estimate of drug-likeness (QED) is 0.355. The minimum atomic E-state index is -0.302. The zero-order valence-corrected chi connectivity index (χ0v) is 17.9. The number of para-hydroxylation sites is 1. The summed E-state index contributed by atoms with van der Waals surface area (Å²) in [6, 6.07) is 13.3. The summed E-state index contributed by atoms with van der Waals surface area (Å²) in [7, 11) is 0. The van der Waals surface area contributed by atoms with Crippen LogP contribution >= 0.6 is 11.8 Å². The zero-order valence-electron chi connectivity index (χ0n) is 17.1. The highest BCUT2D eigenvalue weighted by molar-refractivity contribution is 8.00. The summed E-state index contributed by atoms with van der Waals surface area (Å²) in [5.41, 5.74) is 4.33. The fourth-order valence-electron chi connectivity index (χ4n) is 3.27. The van der Waals surface area contributed by atoms with Crippen LogP contribution in [0.2, 0.25) is 0 Å². The number of nitrogens with one attached hydrogen (secondary N) is 2. The smallest absolute Gasteiger partial charge is 0.237 e. The normalized spacial score (nSPS) is 12.1. The van der Waals surface area contributed by atoms with E-state index in [0.29, 0.717) is 28.8 Å². The number of benzene rings is 1. The van der Waals surface area contributed by atoms with Gasteiger partial charge in [0.15, 0.2) is 16.7 Å². The molecule has 154 valence electrons. The lowest BCUT2D eigenvalue weighted by molar-refractivity contribution is -0.115. The van der Waals surface area contributed by atoms with E-state index in [1.807, 2.05) is 63.2 Å². The molecule has 0 aliphatic rings. The fraction of sp³-hybridized carbons (Fsp3) is 0.217. The Morgan fingerprint density at radius 2 is 1.73 bits per heavy atom. The van der Waals surface area contributed by atoms with Gasteiger partial charge < -0.3 is 19.1 Å². The number of carbonyl (C=O) groups is 1. The maximum Gasteiger partial charge on any atom is 0.237 e. The summed E-state index contributed by atoms with van der Waals surface area (Å²) in [5, 5.41) is 3.42. The van der Waals surface area contributed by atoms with Crippen LogP contribution in [0.4, 0.5) is 5.69 Å². The molecule has 0 aliphatic carbocycles. The van der Waals surface area contributed by atoms with Gasteiger partial charge >= 0.3 is 0 Å². The van der Waals surface area contributed by atoms with Gasteiger partial charge in [0.25, 0.3) is 0 Å². The number of aromatic nitrogens is 2. The van der Waals surface area contributed by atoms with Crippen LogP contribution < -0.4 is 5.32 Å². The molecule has 4 aromatic rings. The van der Waals surface area contributed by atoms with Crippen molar-refractivity contribution in [3.8, 4) is 22.9 Å². The third-order valence-corrected chi connectivity index (χ3v) is 6.10. The van der Waals surface area contributed by atoms with Crippen molar-refractivity contribution in [1.82, 2.24) is 9.97 Å². The first-order chi connectivity index (χ1) is 14.6. The van der Waals surface area contributed by atoms with Gasteiger partial charge in [-0.3, -0.25) is 4.79 Å². The summed E-state index contributed by atoms with van der Waals surface area (Å²) in [6.45, 7) is 5.98. The van der Waals surface area contributed by atoms with E-state index in [0.717, 1.165) is 22.5 Å². The van der Waals surface area contributed by atoms with E-state index in [1.165, 1.54) is 11.8 Å². The molecule has 3 heterocycles. The second-order valence-corrected chi connectivity index (χ2v) is 8.18. The molecule has 30 heavy (non-hydrogen) atoms. The van der Waals surface area contributed by atoms with E-state index >= 15 is 0 Å². The Kier molecular flexibility index (Phi) is 5.81. The van der Waals surface area contributed by atoms with Crippen molar-refractivity contribution in [2.75, 3.05) is 5.32 Å². The number of aryl methyl sites for hydroxylation is 2. The van der Waals surface area contributed by atoms with Gasteiger partial charge in [-0.05, 0) is 55.7 Å². The van der Waals surface area contributed by atoms with Crippen molar-refractivity contribution in [2.45, 2.75) is 37.6 Å². The van der Waals surface area contributed by atoms with Gasteiger partial charge in [-0.25, -0.2) is 4.98 Å². The molecule has 7 heteroatoms. The number of nitrogens with zero attached hydrogens (tertiary/aromatic N) is 1. The van der Waals surface area contributed by atoms with Crippen LogP contribution in [0.25, 0.3) is 22.9 Å². The zero-order chi connectivity index (χ0) is 21.1. The lowest BCUT2D eigenvalue weighted by Gasteiger charge is -2.16. The fourth-order valence-corrected chi connectivity index (χ4v) is 4.18. The minimum Gasteiger partial charge on any atom is -0.463 e. The topological polar surface area (TPSA) is 84.1 Å². The van der Waals surface area contributed by atoms with Crippen molar-refractivity contribution < 1.29 is 13.6 Å². The van der Waals surface area contributed by atoms with Crippen LogP contribution in [0.1, 0.15) is 24.5 Å². The Morgan fingerprint density at radius 1 is 1.07 bits per heavy atom. The summed E-state index contributed by atoms with van der Waals surface area (Å²) in [5.74, 6) is 1.25. The van der Waals surface area contributed by atoms with E-state index in [2.05, 4.69) is 10.3 Å². The highest BCUT2D eigenvalue weighted by Gasteiger charge is 2.24. The Hall–Kier alpha value is -3.19. The van der Waals surface area contributed by atoms with Gasteiger partial charge in [-0.1, -0.05) is 36.9 Å². The molecule has 1 atom stereocenters. The van der Waals surface area contributed by atoms with Crippen LogP contribution in [0.3, 0.4) is 0 Å². The van der Waals surface area contributed by atoms with Crippen LogP contribution in [-0.4, -0.2) is 21.1 Å². The van der Waals surface area contributed by atoms with E-state index in [1.54, 1.807) is 12.5 Å². The molecule has 0 saturated heterocycles. The largest absolute Gasteiger partial charge is 0.463 e. The van der Waals surface area contributed by atoms with Gasteiger partial charge in [0.05, 0.1) is 17.8 Å². The average Bonchev–Trinajstić information content (AvgIpc) is 3.49. The molecule has 1 amide bonds. The van der Waals surface area contributed by atoms with Crippen LogP contribution in [0.15, 0.2) is 69.0 Å². The van der Waals surface area contributed by atoms with E-state index < -0.39 is 0 Å². The van der Waals surface area contributed by atoms with Crippen LogP contribution in [0, 0.1) is 13.8 Å². The molecule has 1 aromatic carbocycles. The average molecular weight is 422 g/mol. The van der Waals surface area contributed by atoms with Gasteiger partial charge in [0, 0.05) is 5.69 Å². The Labute approximate surface area is 179 Å². The Balaban J connectivity index is 1.59. The first-order valence-electron chi connectivity index (χ1n) is 9.78. The number of hydrogen-bond donors (Lipinski definition) is 2. The standard InChI is InChI=1S/C23H23N3O3S/c1-4-18(22(27)24-19-14(2)8-5-9-15(19)3)30-23-25-20(16-10-6-12-28-16)21(26-23)17-11-7-13-29-17/h5-13,18H,4H2,1-3H3,(H,24,27)(H,25,26). The first kappa shape index (κ1) is 20.1. The molecule has 0 bridgehead atoms. The van der Waals surface area contributed by atoms with Gasteiger partial charge in [0.2, 0.25) is 5.91 Å². The Morgan fingerprint density at radius 3 is 2.33 bits per heavy atom. The molecular formula is C23H23N3O3S. The van der Waals surface area contributed by atoms with Crippen molar-refractivity contribution in [3.63, 3.8) is 0 Å². The number of imidazole rings is 1. The highest BCUT2D eigenvalue weighted by atomic mass is 32.2. The molecule has 2 N–H and O–H groups in total. The maximum atomic E-state index is 13.0.